The van der Waals surface area contributed by atoms with Crippen LogP contribution in [0.5, 0.6) is 0 Å². The van der Waals surface area contributed by atoms with Crippen molar-refractivity contribution in [2.75, 3.05) is 6.26 Å². The molecule has 0 aliphatic carbocycles. The number of benzene rings is 1. The molecule has 6 heteroatoms. The summed E-state index contributed by atoms with van der Waals surface area (Å²) in [5, 5.41) is 8.63. The number of halogens is 1. The summed E-state index contributed by atoms with van der Waals surface area (Å²) in [4.78, 5) is 10.3. The minimum absolute atomic E-state index is 0.0671. The second-order valence-corrected chi connectivity index (χ2v) is 5.14. The maximum atomic E-state index is 13.2. The van der Waals surface area contributed by atoms with Crippen molar-refractivity contribution in [1.29, 1.82) is 0 Å². The van der Waals surface area contributed by atoms with Crippen molar-refractivity contribution in [2.45, 2.75) is 11.8 Å². The molecule has 1 rings (SSSR count). The highest BCUT2D eigenvalue weighted by Crippen LogP contribution is 2.20. The molecule has 15 heavy (non-hydrogen) atoms. The van der Waals surface area contributed by atoms with E-state index < -0.39 is 21.6 Å². The fourth-order valence-corrected chi connectivity index (χ4v) is 2.16. The predicted molar refractivity (Wildman–Crippen MR) is 51.2 cm³/mol. The van der Waals surface area contributed by atoms with Gasteiger partial charge in [-0.2, -0.15) is 0 Å². The van der Waals surface area contributed by atoms with E-state index in [1.54, 1.807) is 0 Å². The number of rotatable bonds is 2. The van der Waals surface area contributed by atoms with Gasteiger partial charge in [0.15, 0.2) is 9.84 Å². The summed E-state index contributed by atoms with van der Waals surface area (Å²) in [6.07, 6.45) is 0.903. The molecule has 1 aromatic rings. The molecule has 0 aliphatic heterocycles. The van der Waals surface area contributed by atoms with Crippen LogP contribution in [0.3, 0.4) is 0 Å². The van der Waals surface area contributed by atoms with Gasteiger partial charge in [0.25, 0.3) is 0 Å². The van der Waals surface area contributed by atoms with Gasteiger partial charge in [-0.3, -0.25) is 0 Å². The first-order valence-corrected chi connectivity index (χ1v) is 5.86. The van der Waals surface area contributed by atoms with Crippen LogP contribution in [0.25, 0.3) is 0 Å². The molecule has 1 N–H and O–H groups in total. The highest BCUT2D eigenvalue weighted by Gasteiger charge is 2.17. The van der Waals surface area contributed by atoms with E-state index >= 15 is 0 Å². The van der Waals surface area contributed by atoms with Crippen molar-refractivity contribution in [3.05, 3.63) is 29.1 Å². The molecule has 0 aromatic heterocycles. The summed E-state index contributed by atoms with van der Waals surface area (Å²) in [6, 6.07) is 1.75. The van der Waals surface area contributed by atoms with Gasteiger partial charge in [0, 0.05) is 11.8 Å². The van der Waals surface area contributed by atoms with Gasteiger partial charge in [0.2, 0.25) is 0 Å². The highest BCUT2D eigenvalue weighted by molar-refractivity contribution is 7.90. The van der Waals surface area contributed by atoms with E-state index in [-0.39, 0.29) is 16.0 Å². The SMILES string of the molecule is Cc1c(F)cc(C(=O)O)cc1S(C)(=O)=O. The number of aromatic carboxylic acids is 1. The molecule has 0 fully saturated rings. The largest absolute Gasteiger partial charge is 0.478 e. The summed E-state index contributed by atoms with van der Waals surface area (Å²) in [5.74, 6) is -2.20. The average Bonchev–Trinajstić information content (AvgIpc) is 2.06. The molecule has 0 amide bonds. The third kappa shape index (κ3) is 2.33. The first-order valence-electron chi connectivity index (χ1n) is 3.97. The lowest BCUT2D eigenvalue weighted by Gasteiger charge is -2.06. The quantitative estimate of drug-likeness (QED) is 0.832. The Kier molecular flexibility index (Phi) is 2.81. The zero-order valence-electron chi connectivity index (χ0n) is 8.11. The number of carboxylic acid groups (broad SMARTS) is 1. The molecule has 0 saturated carbocycles. The van der Waals surface area contributed by atoms with Gasteiger partial charge in [0.1, 0.15) is 5.82 Å². The monoisotopic (exact) mass is 232 g/mol. The minimum atomic E-state index is -3.62. The molecular formula is C9H9FO4S. The van der Waals surface area contributed by atoms with Crippen molar-refractivity contribution in [3.63, 3.8) is 0 Å². The molecule has 0 unspecified atom stereocenters. The standard InChI is InChI=1S/C9H9FO4S/c1-5-7(10)3-6(9(11)12)4-8(5)15(2,13)14/h3-4H,1-2H3,(H,11,12). The predicted octanol–water partition coefficient (Wildman–Crippen LogP) is 1.24. The van der Waals surface area contributed by atoms with E-state index in [1.165, 1.54) is 6.92 Å². The molecule has 0 radical (unpaired) electrons. The first kappa shape index (κ1) is 11.6. The van der Waals surface area contributed by atoms with E-state index in [0.29, 0.717) is 0 Å². The van der Waals surface area contributed by atoms with E-state index in [1.807, 2.05) is 0 Å². The minimum Gasteiger partial charge on any atom is -0.478 e. The van der Waals surface area contributed by atoms with Crippen LogP contribution in [0.1, 0.15) is 15.9 Å². The second-order valence-electron chi connectivity index (χ2n) is 3.16. The normalized spacial score (nSPS) is 11.4. The van der Waals surface area contributed by atoms with E-state index in [4.69, 9.17) is 5.11 Å². The van der Waals surface area contributed by atoms with Crippen LogP contribution >= 0.6 is 0 Å². The molecule has 82 valence electrons. The molecule has 0 heterocycles. The summed E-state index contributed by atoms with van der Waals surface area (Å²) in [5.41, 5.74) is -0.443. The lowest BCUT2D eigenvalue weighted by atomic mass is 10.1. The van der Waals surface area contributed by atoms with Crippen molar-refractivity contribution in [3.8, 4) is 0 Å². The molecule has 0 saturated heterocycles. The number of sulfone groups is 1. The molecule has 0 aliphatic rings. The molecule has 0 spiro atoms. The Labute approximate surface area is 86.3 Å². The summed E-state index contributed by atoms with van der Waals surface area (Å²) >= 11 is 0. The van der Waals surface area contributed by atoms with Crippen LogP contribution in [0.4, 0.5) is 4.39 Å². The number of carbonyl (C=O) groups is 1. The topological polar surface area (TPSA) is 71.4 Å². The van der Waals surface area contributed by atoms with Gasteiger partial charge in [-0.05, 0) is 19.1 Å². The van der Waals surface area contributed by atoms with Crippen molar-refractivity contribution in [1.82, 2.24) is 0 Å². The Morgan fingerprint density at radius 1 is 1.40 bits per heavy atom. The van der Waals surface area contributed by atoms with Crippen LogP contribution in [0.15, 0.2) is 17.0 Å². The van der Waals surface area contributed by atoms with E-state index in [9.17, 15) is 17.6 Å². The first-order chi connectivity index (χ1) is 6.73. The Morgan fingerprint density at radius 2 is 1.93 bits per heavy atom. The lowest BCUT2D eigenvalue weighted by molar-refractivity contribution is 0.0696. The summed E-state index contributed by atoms with van der Waals surface area (Å²) < 4.78 is 35.6. The number of hydrogen-bond donors (Lipinski definition) is 1. The van der Waals surface area contributed by atoms with Gasteiger partial charge in [-0.1, -0.05) is 0 Å². The Hall–Kier alpha value is -1.43. The third-order valence-corrected chi connectivity index (χ3v) is 3.17. The molecule has 1 aromatic carbocycles. The maximum absolute atomic E-state index is 13.2. The van der Waals surface area contributed by atoms with Crippen LogP contribution in [-0.2, 0) is 9.84 Å². The van der Waals surface area contributed by atoms with Crippen molar-refractivity contribution < 1.29 is 22.7 Å². The average molecular weight is 232 g/mol. The van der Waals surface area contributed by atoms with Crippen molar-refractivity contribution >= 4 is 15.8 Å². The Bertz CT molecular complexity index is 519. The summed E-state index contributed by atoms with van der Waals surface area (Å²) in [7, 11) is -3.62. The molecule has 0 atom stereocenters. The zero-order chi connectivity index (χ0) is 11.8. The van der Waals surface area contributed by atoms with Gasteiger partial charge in [-0.25, -0.2) is 17.6 Å². The van der Waals surface area contributed by atoms with Crippen molar-refractivity contribution in [2.24, 2.45) is 0 Å². The fraction of sp³-hybridized carbons (Fsp3) is 0.222. The van der Waals surface area contributed by atoms with Gasteiger partial charge < -0.3 is 5.11 Å². The zero-order valence-corrected chi connectivity index (χ0v) is 8.93. The molecule has 0 bridgehead atoms. The van der Waals surface area contributed by atoms with E-state index in [2.05, 4.69) is 0 Å². The fourth-order valence-electron chi connectivity index (χ4n) is 1.16. The summed E-state index contributed by atoms with van der Waals surface area (Å²) in [6.45, 7) is 1.29. The molecular weight excluding hydrogens is 223 g/mol. The number of carboxylic acids is 1. The van der Waals surface area contributed by atoms with Gasteiger partial charge in [0.05, 0.1) is 10.5 Å². The third-order valence-electron chi connectivity index (χ3n) is 1.94. The highest BCUT2D eigenvalue weighted by atomic mass is 32.2. The van der Waals surface area contributed by atoms with Gasteiger partial charge >= 0.3 is 5.97 Å². The maximum Gasteiger partial charge on any atom is 0.335 e. The van der Waals surface area contributed by atoms with Gasteiger partial charge in [-0.15, -0.1) is 0 Å². The van der Waals surface area contributed by atoms with Crippen LogP contribution < -0.4 is 0 Å². The smallest absolute Gasteiger partial charge is 0.335 e. The van der Waals surface area contributed by atoms with Crippen LogP contribution in [0.2, 0.25) is 0 Å². The van der Waals surface area contributed by atoms with Crippen LogP contribution in [-0.4, -0.2) is 25.7 Å². The Morgan fingerprint density at radius 3 is 2.33 bits per heavy atom. The van der Waals surface area contributed by atoms with Crippen LogP contribution in [0, 0.1) is 12.7 Å². The Balaban J connectivity index is 3.59. The second kappa shape index (κ2) is 3.62. The number of hydrogen-bond acceptors (Lipinski definition) is 3. The lowest BCUT2D eigenvalue weighted by Crippen LogP contribution is -2.06. The van der Waals surface area contributed by atoms with E-state index in [0.717, 1.165) is 18.4 Å². The molecule has 4 nitrogen and oxygen atoms in total.